The summed E-state index contributed by atoms with van der Waals surface area (Å²) >= 11 is 0. The van der Waals surface area contributed by atoms with Crippen LogP contribution in [0.1, 0.15) is 39.3 Å². The number of hydrogen-bond acceptors (Lipinski definition) is 5. The summed E-state index contributed by atoms with van der Waals surface area (Å²) in [6, 6.07) is 6.08. The third kappa shape index (κ3) is 5.22. The van der Waals surface area contributed by atoms with Crippen molar-refractivity contribution in [1.82, 2.24) is 10.3 Å². The molecule has 2 unspecified atom stereocenters. The lowest BCUT2D eigenvalue weighted by atomic mass is 9.96. The second-order valence-corrected chi connectivity index (χ2v) is 5.59. The number of ether oxygens (including phenoxy) is 1. The van der Waals surface area contributed by atoms with Crippen molar-refractivity contribution in [2.24, 2.45) is 0 Å². The van der Waals surface area contributed by atoms with E-state index in [1.165, 1.54) is 13.1 Å². The molecule has 1 aromatic heterocycles. The second-order valence-electron chi connectivity index (χ2n) is 5.59. The fourth-order valence-corrected chi connectivity index (χ4v) is 1.63. The van der Waals surface area contributed by atoms with E-state index in [1.807, 2.05) is 6.07 Å². The van der Waals surface area contributed by atoms with Crippen LogP contribution in [0, 0.1) is 11.3 Å². The molecule has 0 spiro atoms. The van der Waals surface area contributed by atoms with Crippen LogP contribution >= 0.6 is 0 Å². The number of aromatic nitrogens is 1. The molecule has 0 saturated carbocycles. The van der Waals surface area contributed by atoms with Crippen molar-refractivity contribution in [2.75, 3.05) is 0 Å². The normalized spacial score (nSPS) is 13.7. The second kappa shape index (κ2) is 6.84. The Bertz CT molecular complexity index is 544. The maximum atomic E-state index is 12.2. The van der Waals surface area contributed by atoms with E-state index < -0.39 is 29.4 Å². The third-order valence-electron chi connectivity index (χ3n) is 2.56. The Morgan fingerprint density at radius 1 is 1.38 bits per heavy atom. The van der Waals surface area contributed by atoms with Gasteiger partial charge in [0.25, 0.3) is 0 Å². The quantitative estimate of drug-likeness (QED) is 0.917. The van der Waals surface area contributed by atoms with Crippen LogP contribution in [-0.2, 0) is 9.53 Å². The molecule has 1 heterocycles. The van der Waals surface area contributed by atoms with E-state index in [9.17, 15) is 9.59 Å². The van der Waals surface area contributed by atoms with Crippen molar-refractivity contribution in [3.63, 3.8) is 0 Å². The van der Waals surface area contributed by atoms with Gasteiger partial charge < -0.3 is 10.1 Å². The van der Waals surface area contributed by atoms with Gasteiger partial charge in [-0.1, -0.05) is 6.07 Å². The van der Waals surface area contributed by atoms with Gasteiger partial charge in [0.15, 0.2) is 5.78 Å². The van der Waals surface area contributed by atoms with Gasteiger partial charge in [0.1, 0.15) is 11.5 Å². The molecule has 2 atom stereocenters. The van der Waals surface area contributed by atoms with Crippen LogP contribution in [-0.4, -0.2) is 28.5 Å². The first-order chi connectivity index (χ1) is 9.74. The van der Waals surface area contributed by atoms with E-state index in [4.69, 9.17) is 10.00 Å². The van der Waals surface area contributed by atoms with Crippen LogP contribution in [0.15, 0.2) is 24.4 Å². The fourth-order valence-electron chi connectivity index (χ4n) is 1.63. The average Bonchev–Trinajstić information content (AvgIpc) is 2.38. The highest BCUT2D eigenvalue weighted by Gasteiger charge is 2.28. The summed E-state index contributed by atoms with van der Waals surface area (Å²) < 4.78 is 5.08. The number of pyridine rings is 1. The topological polar surface area (TPSA) is 92.1 Å². The molecule has 1 N–H and O–H groups in total. The first-order valence-electron chi connectivity index (χ1n) is 6.58. The van der Waals surface area contributed by atoms with Gasteiger partial charge in [-0.15, -0.1) is 0 Å². The number of hydrogen-bond donors (Lipinski definition) is 1. The highest BCUT2D eigenvalue weighted by Crippen LogP contribution is 2.15. The van der Waals surface area contributed by atoms with E-state index in [0.29, 0.717) is 5.69 Å². The summed E-state index contributed by atoms with van der Waals surface area (Å²) in [5.74, 6) is -1.45. The number of carbonyl (C=O) groups excluding carboxylic acids is 2. The molecule has 0 radical (unpaired) electrons. The lowest BCUT2D eigenvalue weighted by molar-refractivity contribution is -0.121. The van der Waals surface area contributed by atoms with Gasteiger partial charge in [-0.05, 0) is 39.8 Å². The Labute approximate surface area is 124 Å². The summed E-state index contributed by atoms with van der Waals surface area (Å²) in [5.41, 5.74) is -0.287. The highest BCUT2D eigenvalue weighted by atomic mass is 16.6. The number of amides is 1. The molecule has 0 aliphatic rings. The predicted octanol–water partition coefficient (Wildman–Crippen LogP) is 2.17. The SMILES string of the molecule is CC(NC(=O)OC(C)(C)C)C(=O)C(C#N)c1ccccn1. The van der Waals surface area contributed by atoms with Gasteiger partial charge >= 0.3 is 6.09 Å². The van der Waals surface area contributed by atoms with Crippen molar-refractivity contribution < 1.29 is 14.3 Å². The first kappa shape index (κ1) is 16.6. The van der Waals surface area contributed by atoms with E-state index in [-0.39, 0.29) is 0 Å². The molecule has 0 aliphatic carbocycles. The van der Waals surface area contributed by atoms with E-state index in [2.05, 4.69) is 10.3 Å². The van der Waals surface area contributed by atoms with Crippen LogP contribution in [0.3, 0.4) is 0 Å². The first-order valence-corrected chi connectivity index (χ1v) is 6.58. The molecule has 6 nitrogen and oxygen atoms in total. The number of nitrogens with one attached hydrogen (secondary N) is 1. The van der Waals surface area contributed by atoms with Crippen LogP contribution in [0.25, 0.3) is 0 Å². The lowest BCUT2D eigenvalue weighted by Crippen LogP contribution is -2.43. The van der Waals surface area contributed by atoms with Gasteiger partial charge in [-0.2, -0.15) is 5.26 Å². The predicted molar refractivity (Wildman–Crippen MR) is 76.4 cm³/mol. The van der Waals surface area contributed by atoms with Gasteiger partial charge in [-0.25, -0.2) is 4.79 Å². The number of nitrogens with zero attached hydrogens (tertiary/aromatic N) is 2. The van der Waals surface area contributed by atoms with Crippen LogP contribution in [0.4, 0.5) is 4.79 Å². The summed E-state index contributed by atoms with van der Waals surface area (Å²) in [5, 5.41) is 11.6. The molecule has 0 saturated heterocycles. The van der Waals surface area contributed by atoms with E-state index >= 15 is 0 Å². The minimum Gasteiger partial charge on any atom is -0.444 e. The van der Waals surface area contributed by atoms with Gasteiger partial charge in [0.2, 0.25) is 0 Å². The number of rotatable bonds is 4. The summed E-state index contributed by atoms with van der Waals surface area (Å²) in [7, 11) is 0. The minimum atomic E-state index is -1.02. The molecule has 0 bridgehead atoms. The van der Waals surface area contributed by atoms with Crippen molar-refractivity contribution in [3.05, 3.63) is 30.1 Å². The Kier molecular flexibility index (Phi) is 5.42. The zero-order chi connectivity index (χ0) is 16.0. The zero-order valence-electron chi connectivity index (χ0n) is 12.6. The molecular formula is C15H19N3O3. The van der Waals surface area contributed by atoms with Crippen molar-refractivity contribution in [2.45, 2.75) is 45.3 Å². The lowest BCUT2D eigenvalue weighted by Gasteiger charge is -2.22. The third-order valence-corrected chi connectivity index (χ3v) is 2.56. The Hall–Kier alpha value is -2.42. The summed E-state index contributed by atoms with van der Waals surface area (Å²) in [6.45, 7) is 6.70. The number of carbonyl (C=O) groups is 2. The smallest absolute Gasteiger partial charge is 0.408 e. The maximum Gasteiger partial charge on any atom is 0.408 e. The zero-order valence-corrected chi connectivity index (χ0v) is 12.6. The molecule has 6 heteroatoms. The molecule has 1 aromatic rings. The van der Waals surface area contributed by atoms with Crippen molar-refractivity contribution >= 4 is 11.9 Å². The molecule has 1 rings (SSSR count). The van der Waals surface area contributed by atoms with Gasteiger partial charge in [-0.3, -0.25) is 9.78 Å². The summed E-state index contributed by atoms with van der Waals surface area (Å²) in [6.07, 6.45) is 0.819. The van der Waals surface area contributed by atoms with E-state index in [0.717, 1.165) is 0 Å². The van der Waals surface area contributed by atoms with Crippen LogP contribution in [0.2, 0.25) is 0 Å². The number of nitriles is 1. The number of Topliss-reactive ketones (excluding diaryl/α,β-unsaturated/α-hetero) is 1. The Balaban J connectivity index is 2.73. The Morgan fingerprint density at radius 3 is 2.52 bits per heavy atom. The number of alkyl carbamates (subject to hydrolysis) is 1. The molecular weight excluding hydrogens is 270 g/mol. The average molecular weight is 289 g/mol. The standard InChI is InChI=1S/C15H19N3O3/c1-10(18-14(20)21-15(2,3)4)13(19)11(9-16)12-7-5-6-8-17-12/h5-8,10-11H,1-4H3,(H,18,20). The largest absolute Gasteiger partial charge is 0.444 e. The van der Waals surface area contributed by atoms with Gasteiger partial charge in [0.05, 0.1) is 17.8 Å². The molecule has 0 fully saturated rings. The Morgan fingerprint density at radius 2 is 2.05 bits per heavy atom. The molecule has 0 aliphatic heterocycles. The minimum absolute atomic E-state index is 0.364. The molecule has 1 amide bonds. The molecule has 21 heavy (non-hydrogen) atoms. The van der Waals surface area contributed by atoms with E-state index in [1.54, 1.807) is 39.0 Å². The highest BCUT2D eigenvalue weighted by molar-refractivity contribution is 5.94. The fraction of sp³-hybridized carbons (Fsp3) is 0.467. The van der Waals surface area contributed by atoms with Crippen LogP contribution in [0.5, 0.6) is 0 Å². The number of ketones is 1. The summed E-state index contributed by atoms with van der Waals surface area (Å²) in [4.78, 5) is 27.9. The monoisotopic (exact) mass is 289 g/mol. The van der Waals surface area contributed by atoms with Gasteiger partial charge in [0, 0.05) is 6.20 Å². The molecule has 0 aromatic carbocycles. The van der Waals surface area contributed by atoms with Crippen molar-refractivity contribution in [1.29, 1.82) is 5.26 Å². The maximum absolute atomic E-state index is 12.2. The van der Waals surface area contributed by atoms with Crippen LogP contribution < -0.4 is 5.32 Å². The molecule has 112 valence electrons. The van der Waals surface area contributed by atoms with Crippen molar-refractivity contribution in [3.8, 4) is 6.07 Å².